The van der Waals surface area contributed by atoms with E-state index < -0.39 is 5.41 Å². The number of nitrogens with one attached hydrogen (secondary N) is 1. The van der Waals surface area contributed by atoms with Crippen LogP contribution in [0.1, 0.15) is 36.1 Å². The summed E-state index contributed by atoms with van der Waals surface area (Å²) in [6.45, 7) is 6.73. The zero-order chi connectivity index (χ0) is 28.0. The standard InChI is InChI=1S/C30H36N8O2/c1-4-25(39)38-15-14-36(17-21(38)11-13-31)27-26-24(32-29(34-27)37-18-22(19-37)35(2)3)16-30(28(40)33-26)12-7-9-20-8-5-6-10-23(20)30/h4-6,8,10,21-22H,1,7,9,11-12,14-19H2,2-3H3,(H,33,40). The largest absolute Gasteiger partial charge is 0.351 e. The first-order valence-corrected chi connectivity index (χ1v) is 14.1. The number of carbonyl (C=O) groups excluding carboxylic acids is 2. The fraction of sp³-hybridized carbons (Fsp3) is 0.500. The van der Waals surface area contributed by atoms with Crippen LogP contribution in [0.4, 0.5) is 17.5 Å². The van der Waals surface area contributed by atoms with Crippen LogP contribution >= 0.6 is 0 Å². The van der Waals surface area contributed by atoms with Crippen molar-refractivity contribution in [3.63, 3.8) is 0 Å². The predicted octanol–water partition coefficient (Wildman–Crippen LogP) is 2.11. The van der Waals surface area contributed by atoms with Gasteiger partial charge in [0.1, 0.15) is 5.69 Å². The van der Waals surface area contributed by atoms with Crippen molar-refractivity contribution in [3.05, 3.63) is 53.7 Å². The number of amides is 2. The van der Waals surface area contributed by atoms with E-state index in [1.54, 1.807) is 4.90 Å². The van der Waals surface area contributed by atoms with Gasteiger partial charge in [0.15, 0.2) is 5.82 Å². The third kappa shape index (κ3) is 4.29. The molecular weight excluding hydrogens is 504 g/mol. The second kappa shape index (κ2) is 10.2. The van der Waals surface area contributed by atoms with Crippen LogP contribution in [-0.2, 0) is 27.8 Å². The van der Waals surface area contributed by atoms with Crippen molar-refractivity contribution in [1.29, 1.82) is 5.26 Å². The highest BCUT2D eigenvalue weighted by atomic mass is 16.2. The molecule has 3 aliphatic heterocycles. The number of aryl methyl sites for hydroxylation is 1. The van der Waals surface area contributed by atoms with Crippen LogP contribution in [0.2, 0.25) is 0 Å². The van der Waals surface area contributed by atoms with Gasteiger partial charge in [0.25, 0.3) is 0 Å². The molecule has 1 N–H and O–H groups in total. The third-order valence-corrected chi connectivity index (χ3v) is 9.12. The van der Waals surface area contributed by atoms with Crippen molar-refractivity contribution in [1.82, 2.24) is 19.8 Å². The normalized spacial score (nSPS) is 24.2. The topological polar surface area (TPSA) is 109 Å². The molecule has 2 saturated heterocycles. The first-order valence-electron chi connectivity index (χ1n) is 14.1. The van der Waals surface area contributed by atoms with Crippen LogP contribution in [0.25, 0.3) is 0 Å². The number of hydrogen-bond acceptors (Lipinski definition) is 8. The highest BCUT2D eigenvalue weighted by Crippen LogP contribution is 2.46. The highest BCUT2D eigenvalue weighted by molar-refractivity contribution is 6.04. The maximum absolute atomic E-state index is 14.0. The lowest BCUT2D eigenvalue weighted by molar-refractivity contribution is -0.128. The summed E-state index contributed by atoms with van der Waals surface area (Å²) >= 11 is 0. The van der Waals surface area contributed by atoms with Crippen molar-refractivity contribution in [2.24, 2.45) is 0 Å². The Morgan fingerprint density at radius 1 is 1.23 bits per heavy atom. The molecule has 2 fully saturated rings. The highest BCUT2D eigenvalue weighted by Gasteiger charge is 2.48. The van der Waals surface area contributed by atoms with Crippen molar-refractivity contribution < 1.29 is 9.59 Å². The van der Waals surface area contributed by atoms with Gasteiger partial charge in [0.05, 0.1) is 29.6 Å². The average Bonchev–Trinajstić information content (AvgIpc) is 2.92. The molecule has 4 heterocycles. The molecule has 1 spiro atoms. The summed E-state index contributed by atoms with van der Waals surface area (Å²) in [7, 11) is 4.17. The van der Waals surface area contributed by atoms with Gasteiger partial charge >= 0.3 is 0 Å². The van der Waals surface area contributed by atoms with E-state index in [9.17, 15) is 14.9 Å². The van der Waals surface area contributed by atoms with Gasteiger partial charge in [-0.2, -0.15) is 10.2 Å². The van der Waals surface area contributed by atoms with Gasteiger partial charge in [-0.1, -0.05) is 30.8 Å². The van der Waals surface area contributed by atoms with E-state index in [1.165, 1.54) is 11.6 Å². The van der Waals surface area contributed by atoms with Crippen LogP contribution in [0.15, 0.2) is 36.9 Å². The second-order valence-electron chi connectivity index (χ2n) is 11.6. The average molecular weight is 541 g/mol. The minimum Gasteiger partial charge on any atom is -0.351 e. The van der Waals surface area contributed by atoms with E-state index in [0.717, 1.165) is 43.6 Å². The Hall–Kier alpha value is -3.97. The number of rotatable bonds is 5. The van der Waals surface area contributed by atoms with E-state index in [2.05, 4.69) is 58.9 Å². The predicted molar refractivity (Wildman–Crippen MR) is 153 cm³/mol. The number of fused-ring (bicyclic) bond motifs is 3. The van der Waals surface area contributed by atoms with Crippen LogP contribution in [0, 0.1) is 11.3 Å². The summed E-state index contributed by atoms with van der Waals surface area (Å²) < 4.78 is 0. The molecule has 10 heteroatoms. The summed E-state index contributed by atoms with van der Waals surface area (Å²) in [5.41, 5.74) is 3.20. The SMILES string of the molecule is C=CC(=O)N1CCN(c2nc(N3CC(N(C)C)C3)nc3c2NC(=O)C2(CCCc4ccccc42)C3)CC1CC#N. The molecule has 0 bridgehead atoms. The monoisotopic (exact) mass is 540 g/mol. The van der Waals surface area contributed by atoms with Crippen LogP contribution < -0.4 is 15.1 Å². The molecule has 1 aromatic heterocycles. The molecule has 2 atom stereocenters. The zero-order valence-electron chi connectivity index (χ0n) is 23.3. The molecule has 0 saturated carbocycles. The Bertz CT molecular complexity index is 1390. The summed E-state index contributed by atoms with van der Waals surface area (Å²) in [5.74, 6) is 1.17. The number of piperazine rings is 1. The molecule has 10 nitrogen and oxygen atoms in total. The summed E-state index contributed by atoms with van der Waals surface area (Å²) in [6.07, 6.45) is 4.75. The van der Waals surface area contributed by atoms with Gasteiger partial charge in [-0.15, -0.1) is 0 Å². The van der Waals surface area contributed by atoms with Crippen LogP contribution in [0.3, 0.4) is 0 Å². The molecule has 40 heavy (non-hydrogen) atoms. The van der Waals surface area contributed by atoms with Gasteiger partial charge in [0, 0.05) is 45.2 Å². The Balaban J connectivity index is 1.40. The van der Waals surface area contributed by atoms with Gasteiger partial charge in [0.2, 0.25) is 17.8 Å². The number of aromatic nitrogens is 2. The quantitative estimate of drug-likeness (QED) is 0.575. The lowest BCUT2D eigenvalue weighted by Gasteiger charge is -2.46. The van der Waals surface area contributed by atoms with E-state index >= 15 is 0 Å². The first-order chi connectivity index (χ1) is 19.3. The Morgan fingerprint density at radius 2 is 2.02 bits per heavy atom. The lowest BCUT2D eigenvalue weighted by atomic mass is 9.65. The van der Waals surface area contributed by atoms with E-state index in [1.807, 2.05) is 12.1 Å². The Labute approximate surface area is 235 Å². The summed E-state index contributed by atoms with van der Waals surface area (Å²) in [4.78, 5) is 44.8. The zero-order valence-corrected chi connectivity index (χ0v) is 23.3. The minimum atomic E-state index is -0.649. The van der Waals surface area contributed by atoms with Crippen molar-refractivity contribution in [2.75, 3.05) is 61.9 Å². The molecule has 0 radical (unpaired) electrons. The van der Waals surface area contributed by atoms with Crippen molar-refractivity contribution in [3.8, 4) is 6.07 Å². The number of carbonyl (C=O) groups is 2. The van der Waals surface area contributed by atoms with Gasteiger partial charge < -0.3 is 24.9 Å². The smallest absolute Gasteiger partial charge is 0.246 e. The molecule has 4 aliphatic rings. The van der Waals surface area contributed by atoms with Crippen LogP contribution in [0.5, 0.6) is 0 Å². The van der Waals surface area contributed by atoms with Crippen molar-refractivity contribution >= 4 is 29.3 Å². The van der Waals surface area contributed by atoms with Crippen molar-refractivity contribution in [2.45, 2.75) is 49.6 Å². The number of nitriles is 1. The molecule has 2 unspecified atom stereocenters. The fourth-order valence-corrected chi connectivity index (χ4v) is 6.73. The maximum Gasteiger partial charge on any atom is 0.246 e. The number of likely N-dealkylation sites (N-methyl/N-ethyl adjacent to an activating group) is 1. The molecule has 6 rings (SSSR count). The Morgan fingerprint density at radius 3 is 2.77 bits per heavy atom. The molecule has 2 amide bonds. The fourth-order valence-electron chi connectivity index (χ4n) is 6.73. The first kappa shape index (κ1) is 26.3. The lowest BCUT2D eigenvalue weighted by Crippen LogP contribution is -2.58. The molecule has 208 valence electrons. The molecule has 1 aliphatic carbocycles. The van der Waals surface area contributed by atoms with Gasteiger partial charge in [-0.3, -0.25) is 9.59 Å². The van der Waals surface area contributed by atoms with Gasteiger partial charge in [-0.25, -0.2) is 4.98 Å². The van der Waals surface area contributed by atoms with E-state index in [-0.39, 0.29) is 24.3 Å². The number of nitrogens with zero attached hydrogens (tertiary/aromatic N) is 7. The number of benzene rings is 1. The second-order valence-corrected chi connectivity index (χ2v) is 11.6. The summed E-state index contributed by atoms with van der Waals surface area (Å²) in [5, 5.41) is 12.8. The third-order valence-electron chi connectivity index (χ3n) is 9.12. The molecule has 2 aromatic rings. The van der Waals surface area contributed by atoms with E-state index in [4.69, 9.17) is 9.97 Å². The summed E-state index contributed by atoms with van der Waals surface area (Å²) in [6, 6.07) is 10.7. The van der Waals surface area contributed by atoms with Crippen LogP contribution in [-0.4, -0.2) is 90.5 Å². The number of anilines is 3. The Kier molecular flexibility index (Phi) is 6.70. The molecular formula is C30H36N8O2. The number of hydrogen-bond donors (Lipinski definition) is 1. The van der Waals surface area contributed by atoms with E-state index in [0.29, 0.717) is 49.6 Å². The van der Waals surface area contributed by atoms with Gasteiger partial charge in [-0.05, 0) is 50.6 Å². The molecule has 1 aromatic carbocycles. The maximum atomic E-state index is 14.0. The minimum absolute atomic E-state index is 0.00424.